The maximum atomic E-state index is 12.1. The Labute approximate surface area is 141 Å². The highest BCUT2D eigenvalue weighted by Crippen LogP contribution is 2.46. The predicted molar refractivity (Wildman–Crippen MR) is 95.6 cm³/mol. The number of amides is 1. The van der Waals surface area contributed by atoms with E-state index < -0.39 is 0 Å². The molecule has 1 aliphatic carbocycles. The molecular formula is C18H34N4O. The maximum Gasteiger partial charge on any atom is 0.221 e. The Morgan fingerprint density at radius 3 is 2.35 bits per heavy atom. The molecular weight excluding hydrogens is 288 g/mol. The molecule has 1 amide bonds. The highest BCUT2D eigenvalue weighted by molar-refractivity contribution is 5.83. The van der Waals surface area contributed by atoms with E-state index in [0.717, 1.165) is 25.3 Å². The van der Waals surface area contributed by atoms with Crippen LogP contribution >= 0.6 is 0 Å². The van der Waals surface area contributed by atoms with Crippen molar-refractivity contribution in [3.63, 3.8) is 0 Å². The Balaban J connectivity index is 1.73. The van der Waals surface area contributed by atoms with Crippen LogP contribution in [0.1, 0.15) is 66.2 Å². The van der Waals surface area contributed by atoms with Gasteiger partial charge in [0, 0.05) is 43.6 Å². The molecule has 2 fully saturated rings. The van der Waals surface area contributed by atoms with Crippen molar-refractivity contribution in [1.82, 2.24) is 15.5 Å². The van der Waals surface area contributed by atoms with Gasteiger partial charge in [-0.3, -0.25) is 9.79 Å². The molecule has 132 valence electrons. The average molecular weight is 322 g/mol. The summed E-state index contributed by atoms with van der Waals surface area (Å²) in [5.41, 5.74) is 0.363. The first kappa shape index (κ1) is 18.1. The van der Waals surface area contributed by atoms with Crippen LogP contribution in [0.4, 0.5) is 0 Å². The summed E-state index contributed by atoms with van der Waals surface area (Å²) in [6.45, 7) is 10.7. The fourth-order valence-corrected chi connectivity index (χ4v) is 3.53. The molecule has 2 aliphatic rings. The number of nitrogens with one attached hydrogen (secondary N) is 2. The van der Waals surface area contributed by atoms with Crippen molar-refractivity contribution in [3.8, 4) is 0 Å². The molecule has 0 spiro atoms. The second-order valence-electron chi connectivity index (χ2n) is 8.16. The fourth-order valence-electron chi connectivity index (χ4n) is 3.53. The van der Waals surface area contributed by atoms with Crippen LogP contribution in [0.2, 0.25) is 0 Å². The first-order valence-corrected chi connectivity index (χ1v) is 9.05. The van der Waals surface area contributed by atoms with Crippen molar-refractivity contribution in [2.24, 2.45) is 10.4 Å². The molecule has 1 saturated heterocycles. The summed E-state index contributed by atoms with van der Waals surface area (Å²) in [4.78, 5) is 18.7. The minimum absolute atomic E-state index is 0.0825. The molecule has 0 bridgehead atoms. The van der Waals surface area contributed by atoms with Crippen molar-refractivity contribution in [2.75, 3.05) is 20.1 Å². The average Bonchev–Trinajstić information content (AvgIpc) is 2.51. The normalized spacial score (nSPS) is 24.0. The Kier molecular flexibility index (Phi) is 5.58. The van der Waals surface area contributed by atoms with E-state index in [-0.39, 0.29) is 16.9 Å². The third-order valence-corrected chi connectivity index (χ3v) is 5.96. The molecule has 1 heterocycles. The lowest BCUT2D eigenvalue weighted by Crippen LogP contribution is -2.72. The molecule has 5 nitrogen and oxygen atoms in total. The molecule has 2 rings (SSSR count). The van der Waals surface area contributed by atoms with Crippen LogP contribution in [0.25, 0.3) is 0 Å². The highest BCUT2D eigenvalue weighted by Gasteiger charge is 2.53. The Hall–Kier alpha value is -1.26. The molecule has 23 heavy (non-hydrogen) atoms. The largest absolute Gasteiger partial charge is 0.356 e. The number of guanidine groups is 1. The topological polar surface area (TPSA) is 56.7 Å². The van der Waals surface area contributed by atoms with Gasteiger partial charge in [0.15, 0.2) is 5.96 Å². The number of likely N-dealkylation sites (tertiary alicyclic amines) is 1. The zero-order chi connectivity index (χ0) is 17.1. The number of carbonyl (C=O) groups excluding carboxylic acids is 1. The lowest BCUT2D eigenvalue weighted by atomic mass is 9.65. The Morgan fingerprint density at radius 2 is 1.83 bits per heavy atom. The summed E-state index contributed by atoms with van der Waals surface area (Å²) in [5.74, 6) is 1.06. The van der Waals surface area contributed by atoms with Gasteiger partial charge in [0.25, 0.3) is 0 Å². The first-order chi connectivity index (χ1) is 10.8. The number of nitrogens with zero attached hydrogens (tertiary/aromatic N) is 2. The molecule has 2 N–H and O–H groups in total. The standard InChI is InChI=1S/C18H34N4O/c1-17(2)13-22(18(17,3)4)16(19-5)20-12-11-15(23)21-14-9-7-6-8-10-14/h14H,6-13H2,1-5H3,(H,19,20)(H,21,23). The number of hydrogen-bond acceptors (Lipinski definition) is 2. The van der Waals surface area contributed by atoms with Gasteiger partial charge in [-0.05, 0) is 26.7 Å². The number of carbonyl (C=O) groups is 1. The van der Waals surface area contributed by atoms with Crippen LogP contribution in [0.3, 0.4) is 0 Å². The number of aliphatic imine (C=N–C) groups is 1. The lowest BCUT2D eigenvalue weighted by Gasteiger charge is -2.62. The van der Waals surface area contributed by atoms with Crippen molar-refractivity contribution < 1.29 is 4.79 Å². The Morgan fingerprint density at radius 1 is 1.17 bits per heavy atom. The summed E-state index contributed by atoms with van der Waals surface area (Å²) in [5, 5.41) is 6.51. The van der Waals surface area contributed by atoms with E-state index in [1.165, 1.54) is 19.3 Å². The van der Waals surface area contributed by atoms with Crippen LogP contribution in [0.5, 0.6) is 0 Å². The second-order valence-corrected chi connectivity index (χ2v) is 8.16. The summed E-state index contributed by atoms with van der Waals surface area (Å²) in [6.07, 6.45) is 6.58. The summed E-state index contributed by atoms with van der Waals surface area (Å²) in [6, 6.07) is 0.394. The number of rotatable bonds is 4. The van der Waals surface area contributed by atoms with Crippen LogP contribution < -0.4 is 10.6 Å². The molecule has 0 radical (unpaired) electrons. The SMILES string of the molecule is CN=C(NCCC(=O)NC1CCCCC1)N1CC(C)(C)C1(C)C. The monoisotopic (exact) mass is 322 g/mol. The van der Waals surface area contributed by atoms with Gasteiger partial charge in [-0.2, -0.15) is 0 Å². The van der Waals surface area contributed by atoms with Crippen LogP contribution in [-0.2, 0) is 4.79 Å². The van der Waals surface area contributed by atoms with Crippen molar-refractivity contribution >= 4 is 11.9 Å². The first-order valence-electron chi connectivity index (χ1n) is 9.05. The molecule has 0 aromatic rings. The summed E-state index contributed by atoms with van der Waals surface area (Å²) < 4.78 is 0. The van der Waals surface area contributed by atoms with E-state index in [1.54, 1.807) is 0 Å². The van der Waals surface area contributed by atoms with Crippen LogP contribution in [0, 0.1) is 5.41 Å². The van der Waals surface area contributed by atoms with Gasteiger partial charge in [0.1, 0.15) is 0 Å². The van der Waals surface area contributed by atoms with Gasteiger partial charge in [-0.1, -0.05) is 33.1 Å². The van der Waals surface area contributed by atoms with E-state index >= 15 is 0 Å². The van der Waals surface area contributed by atoms with E-state index in [0.29, 0.717) is 19.0 Å². The van der Waals surface area contributed by atoms with E-state index in [1.807, 2.05) is 7.05 Å². The quantitative estimate of drug-likeness (QED) is 0.618. The van der Waals surface area contributed by atoms with Gasteiger partial charge >= 0.3 is 0 Å². The summed E-state index contributed by atoms with van der Waals surface area (Å²) >= 11 is 0. The lowest BCUT2D eigenvalue weighted by molar-refractivity contribution is -0.121. The zero-order valence-corrected chi connectivity index (χ0v) is 15.5. The minimum Gasteiger partial charge on any atom is -0.356 e. The molecule has 0 unspecified atom stereocenters. The fraction of sp³-hybridized carbons (Fsp3) is 0.889. The van der Waals surface area contributed by atoms with Crippen molar-refractivity contribution in [3.05, 3.63) is 0 Å². The van der Waals surface area contributed by atoms with E-state index in [4.69, 9.17) is 0 Å². The predicted octanol–water partition coefficient (Wildman–Crippen LogP) is 2.52. The van der Waals surface area contributed by atoms with Gasteiger partial charge in [-0.15, -0.1) is 0 Å². The maximum absolute atomic E-state index is 12.1. The third kappa shape index (κ3) is 3.99. The van der Waals surface area contributed by atoms with Crippen molar-refractivity contribution in [2.45, 2.75) is 77.8 Å². The van der Waals surface area contributed by atoms with Crippen LogP contribution in [-0.4, -0.2) is 48.5 Å². The van der Waals surface area contributed by atoms with E-state index in [2.05, 4.69) is 48.2 Å². The number of hydrogen-bond donors (Lipinski definition) is 2. The molecule has 0 aromatic heterocycles. The molecule has 0 aromatic carbocycles. The molecule has 0 atom stereocenters. The van der Waals surface area contributed by atoms with E-state index in [9.17, 15) is 4.79 Å². The molecule has 1 saturated carbocycles. The highest BCUT2D eigenvalue weighted by atomic mass is 16.1. The van der Waals surface area contributed by atoms with Crippen molar-refractivity contribution in [1.29, 1.82) is 0 Å². The smallest absolute Gasteiger partial charge is 0.221 e. The zero-order valence-electron chi connectivity index (χ0n) is 15.5. The molecule has 1 aliphatic heterocycles. The minimum atomic E-state index is 0.0825. The van der Waals surface area contributed by atoms with Crippen LogP contribution in [0.15, 0.2) is 4.99 Å². The second kappa shape index (κ2) is 7.10. The van der Waals surface area contributed by atoms with Gasteiger partial charge in [-0.25, -0.2) is 0 Å². The third-order valence-electron chi connectivity index (χ3n) is 5.96. The molecule has 5 heteroatoms. The van der Waals surface area contributed by atoms with Gasteiger partial charge in [0.2, 0.25) is 5.91 Å². The summed E-state index contributed by atoms with van der Waals surface area (Å²) in [7, 11) is 1.81. The van der Waals surface area contributed by atoms with Gasteiger partial charge < -0.3 is 15.5 Å². The Bertz CT molecular complexity index is 450. The van der Waals surface area contributed by atoms with Gasteiger partial charge in [0.05, 0.1) is 0 Å².